The Morgan fingerprint density at radius 1 is 1.17 bits per heavy atom. The van der Waals surface area contributed by atoms with Crippen molar-refractivity contribution < 1.29 is 4.74 Å². The van der Waals surface area contributed by atoms with Gasteiger partial charge < -0.3 is 4.74 Å². The maximum atomic E-state index is 5.70. The van der Waals surface area contributed by atoms with Crippen LogP contribution in [-0.2, 0) is 16.5 Å². The highest BCUT2D eigenvalue weighted by atomic mass is 32.4. The van der Waals surface area contributed by atoms with Crippen LogP contribution in [0.1, 0.15) is 34.6 Å². The lowest BCUT2D eigenvalue weighted by molar-refractivity contribution is 0.194. The van der Waals surface area contributed by atoms with E-state index >= 15 is 0 Å². The quantitative estimate of drug-likeness (QED) is 0.641. The average molecular weight is 208 g/mol. The molecule has 0 N–H and O–H groups in total. The smallest absolute Gasteiger partial charge is 0.0757 e. The van der Waals surface area contributed by atoms with Gasteiger partial charge in [-0.1, -0.05) is 39.5 Å². The van der Waals surface area contributed by atoms with Crippen LogP contribution >= 0.6 is 6.04 Å². The zero-order valence-electron chi connectivity index (χ0n) is 8.83. The number of rotatable bonds is 5. The van der Waals surface area contributed by atoms with Gasteiger partial charge >= 0.3 is 0 Å². The van der Waals surface area contributed by atoms with E-state index in [-0.39, 0.29) is 0 Å². The van der Waals surface area contributed by atoms with Gasteiger partial charge in [0.05, 0.1) is 6.35 Å². The topological polar surface area (TPSA) is 9.23 Å². The molecule has 0 fully saturated rings. The maximum absolute atomic E-state index is 5.70. The van der Waals surface area contributed by atoms with E-state index < -0.39 is 6.04 Å². The summed E-state index contributed by atoms with van der Waals surface area (Å²) >= 11 is 5.70. The van der Waals surface area contributed by atoms with Crippen molar-refractivity contribution in [3.05, 3.63) is 0 Å². The lowest BCUT2D eigenvalue weighted by Gasteiger charge is -2.29. The number of ether oxygens (including phenoxy) is 1. The Labute approximate surface area is 81.9 Å². The average Bonchev–Trinajstić information content (AvgIpc) is 1.99. The molecule has 0 aromatic carbocycles. The van der Waals surface area contributed by atoms with Crippen LogP contribution in [0.5, 0.6) is 0 Å². The highest BCUT2D eigenvalue weighted by Crippen LogP contribution is 2.55. The van der Waals surface area contributed by atoms with Crippen LogP contribution in [0.25, 0.3) is 0 Å². The van der Waals surface area contributed by atoms with Gasteiger partial charge in [0.1, 0.15) is 0 Å². The van der Waals surface area contributed by atoms with E-state index in [4.69, 9.17) is 16.5 Å². The molecule has 0 heterocycles. The minimum atomic E-state index is -1.27. The molecule has 12 heavy (non-hydrogen) atoms. The first-order chi connectivity index (χ1) is 5.45. The fourth-order valence-corrected chi connectivity index (χ4v) is 3.61. The maximum Gasteiger partial charge on any atom is 0.0757 e. The van der Waals surface area contributed by atoms with E-state index in [1.807, 2.05) is 6.92 Å². The molecule has 0 unspecified atom stereocenters. The van der Waals surface area contributed by atoms with Gasteiger partial charge in [-0.05, 0) is 24.3 Å². The molecular formula is C9H21OPS. The summed E-state index contributed by atoms with van der Waals surface area (Å²) < 4.78 is 5.47. The van der Waals surface area contributed by atoms with Crippen molar-refractivity contribution in [1.29, 1.82) is 0 Å². The number of hydrogen-bond donors (Lipinski definition) is 0. The zero-order chi connectivity index (χ0) is 9.78. The van der Waals surface area contributed by atoms with Gasteiger partial charge in [0.2, 0.25) is 0 Å². The largest absolute Gasteiger partial charge is 0.376 e. The first-order valence-electron chi connectivity index (χ1n) is 4.61. The summed E-state index contributed by atoms with van der Waals surface area (Å²) in [6.07, 6.45) is 0.814. The minimum absolute atomic E-state index is 0.610. The second-order valence-electron chi connectivity index (χ2n) is 3.66. The molecule has 0 aliphatic carbocycles. The molecule has 1 nitrogen and oxygen atoms in total. The Morgan fingerprint density at radius 3 is 1.83 bits per heavy atom. The molecule has 0 aromatic heterocycles. The normalized spacial score (nSPS) is 12.9. The third-order valence-corrected chi connectivity index (χ3v) is 9.17. The summed E-state index contributed by atoms with van der Waals surface area (Å²) in [6.45, 7) is 11.7. The second kappa shape index (κ2) is 5.36. The molecule has 0 amide bonds. The molecule has 0 aliphatic heterocycles. The summed E-state index contributed by atoms with van der Waals surface area (Å²) in [5.41, 5.74) is 1.22. The minimum Gasteiger partial charge on any atom is -0.376 e. The van der Waals surface area contributed by atoms with Gasteiger partial charge in [-0.3, -0.25) is 0 Å². The lowest BCUT2D eigenvalue weighted by atomic mass is 10.5. The van der Waals surface area contributed by atoms with Crippen LogP contribution in [-0.4, -0.2) is 24.3 Å². The Hall–Kier alpha value is 0.610. The molecule has 3 heteroatoms. The predicted molar refractivity (Wildman–Crippen MR) is 61.1 cm³/mol. The fourth-order valence-electron chi connectivity index (χ4n) is 1.13. The van der Waals surface area contributed by atoms with Crippen LogP contribution in [0.2, 0.25) is 0 Å². The molecule has 0 aliphatic rings. The monoisotopic (exact) mass is 208 g/mol. The van der Waals surface area contributed by atoms with Gasteiger partial charge in [0, 0.05) is 6.61 Å². The highest BCUT2D eigenvalue weighted by Gasteiger charge is 2.25. The molecule has 0 saturated heterocycles. The summed E-state index contributed by atoms with van der Waals surface area (Å²) in [4.78, 5) is 0. The molecule has 0 rings (SSSR count). The van der Waals surface area contributed by atoms with Crippen molar-refractivity contribution in [3.63, 3.8) is 0 Å². The summed E-state index contributed by atoms with van der Waals surface area (Å²) in [5.74, 6) is 0. The van der Waals surface area contributed by atoms with E-state index in [0.29, 0.717) is 11.3 Å². The van der Waals surface area contributed by atoms with Crippen LogP contribution in [0, 0.1) is 0 Å². The highest BCUT2D eigenvalue weighted by molar-refractivity contribution is 8.15. The Balaban J connectivity index is 4.31. The fraction of sp³-hybridized carbons (Fsp3) is 1.00. The third kappa shape index (κ3) is 3.16. The third-order valence-electron chi connectivity index (χ3n) is 2.25. The van der Waals surface area contributed by atoms with Crippen molar-refractivity contribution in [1.82, 2.24) is 0 Å². The molecule has 0 atom stereocenters. The Kier molecular flexibility index (Phi) is 5.64. The van der Waals surface area contributed by atoms with Crippen molar-refractivity contribution in [2.45, 2.75) is 45.9 Å². The molecule has 0 radical (unpaired) electrons. The van der Waals surface area contributed by atoms with Crippen molar-refractivity contribution >= 4 is 17.8 Å². The van der Waals surface area contributed by atoms with Gasteiger partial charge in [-0.2, -0.15) is 0 Å². The van der Waals surface area contributed by atoms with Crippen molar-refractivity contribution in [3.8, 4) is 0 Å². The summed E-state index contributed by atoms with van der Waals surface area (Å²) in [6, 6.07) is -1.27. The zero-order valence-corrected chi connectivity index (χ0v) is 10.5. The first kappa shape index (κ1) is 12.6. The molecule has 0 bridgehead atoms. The van der Waals surface area contributed by atoms with Crippen LogP contribution < -0.4 is 0 Å². The molecule has 0 spiro atoms. The summed E-state index contributed by atoms with van der Waals surface area (Å²) in [5, 5.41) is 0. The van der Waals surface area contributed by atoms with Gasteiger partial charge in [-0.25, -0.2) is 0 Å². The van der Waals surface area contributed by atoms with Gasteiger partial charge in [0.25, 0.3) is 0 Å². The van der Waals surface area contributed by atoms with E-state index in [0.717, 1.165) is 13.0 Å². The predicted octanol–water partition coefficient (Wildman–Crippen LogP) is 3.28. The SMILES string of the molecule is CCOCP(=S)(C(C)C)C(C)C. The molecule has 0 saturated carbocycles. The van der Waals surface area contributed by atoms with Crippen LogP contribution in [0.3, 0.4) is 0 Å². The van der Waals surface area contributed by atoms with Crippen molar-refractivity contribution in [2.24, 2.45) is 0 Å². The van der Waals surface area contributed by atoms with Gasteiger partial charge in [-0.15, -0.1) is 0 Å². The summed E-state index contributed by atoms with van der Waals surface area (Å²) in [7, 11) is 0. The molecular weight excluding hydrogens is 187 g/mol. The van der Waals surface area contributed by atoms with Crippen LogP contribution in [0.4, 0.5) is 0 Å². The van der Waals surface area contributed by atoms with Crippen LogP contribution in [0.15, 0.2) is 0 Å². The van der Waals surface area contributed by atoms with Crippen molar-refractivity contribution in [2.75, 3.05) is 13.0 Å². The Morgan fingerprint density at radius 2 is 1.58 bits per heavy atom. The van der Waals surface area contributed by atoms with Gasteiger partial charge in [0.15, 0.2) is 0 Å². The number of hydrogen-bond acceptors (Lipinski definition) is 2. The Bertz CT molecular complexity index is 154. The standard InChI is InChI=1S/C9H21OPS/c1-6-10-7-11(12,8(2)3)9(4)5/h8-9H,6-7H2,1-5H3. The molecule has 74 valence electrons. The first-order valence-corrected chi connectivity index (χ1v) is 7.73. The van der Waals surface area contributed by atoms with E-state index in [9.17, 15) is 0 Å². The second-order valence-corrected chi connectivity index (χ2v) is 9.74. The van der Waals surface area contributed by atoms with E-state index in [1.165, 1.54) is 0 Å². The lowest BCUT2D eigenvalue weighted by Crippen LogP contribution is -2.13. The van der Waals surface area contributed by atoms with E-state index in [1.54, 1.807) is 0 Å². The van der Waals surface area contributed by atoms with E-state index in [2.05, 4.69) is 27.7 Å². The molecule has 0 aromatic rings.